The fourth-order valence-electron chi connectivity index (χ4n) is 2.98. The molecule has 6 nitrogen and oxygen atoms in total. The van der Waals surface area contributed by atoms with Crippen molar-refractivity contribution in [1.29, 1.82) is 0 Å². The maximum absolute atomic E-state index is 12.6. The summed E-state index contributed by atoms with van der Waals surface area (Å²) in [5.41, 5.74) is 1.17. The third-order valence-corrected chi connectivity index (χ3v) is 4.81. The minimum atomic E-state index is -0.0969. The Morgan fingerprint density at radius 2 is 2.04 bits per heavy atom. The average molecular weight is 323 g/mol. The summed E-state index contributed by atoms with van der Waals surface area (Å²) in [4.78, 5) is 15.0. The van der Waals surface area contributed by atoms with Gasteiger partial charge in [0.15, 0.2) is 5.76 Å². The lowest BCUT2D eigenvalue weighted by atomic mass is 9.95. The highest BCUT2D eigenvalue weighted by atomic mass is 16.5. The van der Waals surface area contributed by atoms with E-state index in [1.54, 1.807) is 0 Å². The third kappa shape index (κ3) is 3.93. The van der Waals surface area contributed by atoms with E-state index < -0.39 is 0 Å². The average Bonchev–Trinajstić information content (AvgIpc) is 2.95. The number of aromatic nitrogens is 1. The van der Waals surface area contributed by atoms with Gasteiger partial charge in [0.2, 0.25) is 0 Å². The van der Waals surface area contributed by atoms with Crippen molar-refractivity contribution in [3.63, 3.8) is 0 Å². The number of rotatable bonds is 6. The second kappa shape index (κ2) is 7.45. The molecule has 0 aromatic carbocycles. The van der Waals surface area contributed by atoms with Gasteiger partial charge >= 0.3 is 0 Å². The number of carbonyl (C=O) groups is 1. The molecule has 1 aliphatic rings. The van der Waals surface area contributed by atoms with Crippen molar-refractivity contribution >= 4 is 5.91 Å². The van der Waals surface area contributed by atoms with E-state index >= 15 is 0 Å². The molecule has 1 N–H and O–H groups in total. The van der Waals surface area contributed by atoms with Gasteiger partial charge in [-0.1, -0.05) is 25.9 Å². The Labute approximate surface area is 138 Å². The number of ether oxygens (including phenoxy) is 1. The first-order chi connectivity index (χ1) is 10.9. The Balaban J connectivity index is 2.06. The van der Waals surface area contributed by atoms with Crippen molar-refractivity contribution in [3.8, 4) is 0 Å². The summed E-state index contributed by atoms with van der Waals surface area (Å²) in [6, 6.07) is 0. The molecule has 0 radical (unpaired) electrons. The zero-order chi connectivity index (χ0) is 17.0. The summed E-state index contributed by atoms with van der Waals surface area (Å²) in [7, 11) is 0. The molecule has 1 fully saturated rings. The van der Waals surface area contributed by atoms with Gasteiger partial charge in [-0.15, -0.1) is 0 Å². The zero-order valence-corrected chi connectivity index (χ0v) is 14.9. The number of carbonyl (C=O) groups excluding carboxylic acids is 1. The highest BCUT2D eigenvalue weighted by Crippen LogP contribution is 2.23. The van der Waals surface area contributed by atoms with Gasteiger partial charge in [0.1, 0.15) is 5.56 Å². The molecule has 1 aromatic rings. The van der Waals surface area contributed by atoms with Crippen molar-refractivity contribution in [2.45, 2.75) is 52.5 Å². The Hall–Kier alpha value is -1.40. The molecule has 1 aliphatic heterocycles. The van der Waals surface area contributed by atoms with Crippen LogP contribution >= 0.6 is 0 Å². The SMILES string of the molecule is CC[C@@](C)(CNC(=O)c1c(C)noc1C(C)C)N1CCOCC1. The van der Waals surface area contributed by atoms with Gasteiger partial charge in [0.05, 0.1) is 18.9 Å². The minimum absolute atomic E-state index is 0.0670. The van der Waals surface area contributed by atoms with Gasteiger partial charge in [-0.25, -0.2) is 0 Å². The monoisotopic (exact) mass is 323 g/mol. The van der Waals surface area contributed by atoms with Crippen LogP contribution in [-0.2, 0) is 4.74 Å². The van der Waals surface area contributed by atoms with E-state index in [1.165, 1.54) is 0 Å². The molecule has 0 aliphatic carbocycles. The molecule has 1 saturated heterocycles. The van der Waals surface area contributed by atoms with Crippen molar-refractivity contribution in [3.05, 3.63) is 17.0 Å². The van der Waals surface area contributed by atoms with Crippen LogP contribution in [0, 0.1) is 6.92 Å². The topological polar surface area (TPSA) is 67.6 Å². The second-order valence-corrected chi connectivity index (χ2v) is 6.79. The van der Waals surface area contributed by atoms with Gasteiger partial charge in [0, 0.05) is 31.1 Å². The van der Waals surface area contributed by atoms with Crippen LogP contribution in [-0.4, -0.2) is 54.4 Å². The highest BCUT2D eigenvalue weighted by Gasteiger charge is 2.32. The predicted molar refractivity (Wildman–Crippen MR) is 88.8 cm³/mol. The molecular weight excluding hydrogens is 294 g/mol. The number of hydrogen-bond acceptors (Lipinski definition) is 5. The van der Waals surface area contributed by atoms with Crippen molar-refractivity contribution in [2.75, 3.05) is 32.8 Å². The second-order valence-electron chi connectivity index (χ2n) is 6.79. The van der Waals surface area contributed by atoms with E-state index in [1.807, 2.05) is 20.8 Å². The van der Waals surface area contributed by atoms with Crippen molar-refractivity contribution in [2.24, 2.45) is 0 Å². The molecule has 2 rings (SSSR count). The van der Waals surface area contributed by atoms with Crippen LogP contribution < -0.4 is 5.32 Å². The summed E-state index contributed by atoms with van der Waals surface area (Å²) in [5, 5.41) is 7.04. The fraction of sp³-hybridized carbons (Fsp3) is 0.765. The molecule has 2 heterocycles. The Morgan fingerprint density at radius 1 is 1.39 bits per heavy atom. The molecule has 0 unspecified atom stereocenters. The van der Waals surface area contributed by atoms with Gasteiger partial charge in [-0.2, -0.15) is 0 Å². The summed E-state index contributed by atoms with van der Waals surface area (Å²) in [6.07, 6.45) is 0.965. The lowest BCUT2D eigenvalue weighted by molar-refractivity contribution is -0.0169. The number of nitrogens with zero attached hydrogens (tertiary/aromatic N) is 2. The van der Waals surface area contributed by atoms with Gasteiger partial charge in [-0.05, 0) is 20.3 Å². The Kier molecular flexibility index (Phi) is 5.81. The van der Waals surface area contributed by atoms with E-state index in [4.69, 9.17) is 9.26 Å². The Morgan fingerprint density at radius 3 is 2.61 bits per heavy atom. The van der Waals surface area contributed by atoms with Crippen LogP contribution in [0.1, 0.15) is 61.8 Å². The van der Waals surface area contributed by atoms with Crippen LogP contribution in [0.2, 0.25) is 0 Å². The molecule has 6 heteroatoms. The smallest absolute Gasteiger partial charge is 0.256 e. The number of aryl methyl sites for hydroxylation is 1. The van der Waals surface area contributed by atoms with Crippen LogP contribution in [0.4, 0.5) is 0 Å². The standard InChI is InChI=1S/C17H29N3O3/c1-6-17(5,20-7-9-22-10-8-20)11-18-16(21)14-13(4)19-23-15(14)12(2)3/h12H,6-11H2,1-5H3,(H,18,21)/t17-/m0/s1. The number of nitrogens with one attached hydrogen (secondary N) is 1. The van der Waals surface area contributed by atoms with E-state index in [0.29, 0.717) is 23.6 Å². The van der Waals surface area contributed by atoms with Gasteiger partial charge in [0.25, 0.3) is 5.91 Å². The zero-order valence-electron chi connectivity index (χ0n) is 14.9. The van der Waals surface area contributed by atoms with Crippen molar-refractivity contribution in [1.82, 2.24) is 15.4 Å². The summed E-state index contributed by atoms with van der Waals surface area (Å²) >= 11 is 0. The molecule has 0 bridgehead atoms. The minimum Gasteiger partial charge on any atom is -0.379 e. The summed E-state index contributed by atoms with van der Waals surface area (Å²) in [6.45, 7) is 14.1. The number of morpholine rings is 1. The quantitative estimate of drug-likeness (QED) is 0.870. The van der Waals surface area contributed by atoms with Gasteiger partial charge in [-0.3, -0.25) is 9.69 Å². The van der Waals surface area contributed by atoms with E-state index in [2.05, 4.69) is 29.2 Å². The fourth-order valence-corrected chi connectivity index (χ4v) is 2.98. The molecule has 1 atom stereocenters. The van der Waals surface area contributed by atoms with Crippen LogP contribution in [0.25, 0.3) is 0 Å². The Bertz CT molecular complexity index is 535. The normalized spacial score (nSPS) is 18.9. The molecular formula is C17H29N3O3. The van der Waals surface area contributed by atoms with Crippen LogP contribution in [0.15, 0.2) is 4.52 Å². The molecule has 1 amide bonds. The molecule has 0 saturated carbocycles. The molecule has 23 heavy (non-hydrogen) atoms. The van der Waals surface area contributed by atoms with E-state index in [0.717, 1.165) is 32.7 Å². The molecule has 0 spiro atoms. The largest absolute Gasteiger partial charge is 0.379 e. The maximum atomic E-state index is 12.6. The predicted octanol–water partition coefficient (Wildman–Crippen LogP) is 2.34. The lowest BCUT2D eigenvalue weighted by Crippen LogP contribution is -2.56. The first-order valence-electron chi connectivity index (χ1n) is 8.46. The van der Waals surface area contributed by atoms with Crippen LogP contribution in [0.3, 0.4) is 0 Å². The van der Waals surface area contributed by atoms with E-state index in [9.17, 15) is 4.79 Å². The molecule has 1 aromatic heterocycles. The maximum Gasteiger partial charge on any atom is 0.256 e. The summed E-state index contributed by atoms with van der Waals surface area (Å²) < 4.78 is 10.7. The highest BCUT2D eigenvalue weighted by molar-refractivity contribution is 5.96. The lowest BCUT2D eigenvalue weighted by Gasteiger charge is -2.43. The summed E-state index contributed by atoms with van der Waals surface area (Å²) in [5.74, 6) is 0.693. The third-order valence-electron chi connectivity index (χ3n) is 4.81. The van der Waals surface area contributed by atoms with Crippen molar-refractivity contribution < 1.29 is 14.1 Å². The van der Waals surface area contributed by atoms with Gasteiger partial charge < -0.3 is 14.6 Å². The first kappa shape index (κ1) is 17.9. The van der Waals surface area contributed by atoms with Crippen LogP contribution in [0.5, 0.6) is 0 Å². The van der Waals surface area contributed by atoms with E-state index in [-0.39, 0.29) is 17.4 Å². The molecule has 130 valence electrons. The number of hydrogen-bond donors (Lipinski definition) is 1. The first-order valence-corrected chi connectivity index (χ1v) is 8.46. The number of amides is 1.